The fourth-order valence-electron chi connectivity index (χ4n) is 2.09. The first-order chi connectivity index (χ1) is 6.72. The lowest BCUT2D eigenvalue weighted by atomic mass is 9.90. The van der Waals surface area contributed by atoms with Crippen molar-refractivity contribution in [2.45, 2.75) is 12.3 Å². The van der Waals surface area contributed by atoms with E-state index in [4.69, 9.17) is 5.73 Å². The normalized spacial score (nSPS) is 20.7. The monoisotopic (exact) mass is 192 g/mol. The van der Waals surface area contributed by atoms with Crippen LogP contribution in [0.25, 0.3) is 0 Å². The van der Waals surface area contributed by atoms with Gasteiger partial charge in [0.2, 0.25) is 0 Å². The molecule has 0 saturated heterocycles. The molecule has 3 nitrogen and oxygen atoms in total. The molecular weight excluding hydrogens is 176 g/mol. The van der Waals surface area contributed by atoms with Crippen LogP contribution < -0.4 is 10.6 Å². The number of fused-ring (bicyclic) bond motifs is 1. The lowest BCUT2D eigenvalue weighted by Gasteiger charge is -2.32. The summed E-state index contributed by atoms with van der Waals surface area (Å²) in [5, 5.41) is 9.43. The standard InChI is InChI=1S/C11H16N2O/c1-13-5-4-8(7-12)10-6-9(14)2-3-11(10)13/h2-3,6,8,14H,4-5,7,12H2,1H3. The highest BCUT2D eigenvalue weighted by molar-refractivity contribution is 5.59. The molecule has 1 heterocycles. The van der Waals surface area contributed by atoms with E-state index in [1.807, 2.05) is 12.1 Å². The second-order valence-electron chi connectivity index (χ2n) is 3.89. The molecule has 3 heteroatoms. The van der Waals surface area contributed by atoms with Crippen LogP contribution in [0.1, 0.15) is 17.9 Å². The fourth-order valence-corrected chi connectivity index (χ4v) is 2.09. The summed E-state index contributed by atoms with van der Waals surface area (Å²) in [6, 6.07) is 5.53. The lowest BCUT2D eigenvalue weighted by molar-refractivity contribution is 0.472. The first-order valence-electron chi connectivity index (χ1n) is 4.96. The minimum absolute atomic E-state index is 0.331. The molecule has 1 unspecified atom stereocenters. The highest BCUT2D eigenvalue weighted by Gasteiger charge is 2.22. The van der Waals surface area contributed by atoms with Crippen molar-refractivity contribution in [1.29, 1.82) is 0 Å². The maximum absolute atomic E-state index is 9.43. The van der Waals surface area contributed by atoms with Crippen LogP contribution in [-0.4, -0.2) is 25.2 Å². The molecule has 1 aliphatic rings. The molecular formula is C11H16N2O. The zero-order valence-electron chi connectivity index (χ0n) is 8.40. The molecule has 0 aliphatic carbocycles. The smallest absolute Gasteiger partial charge is 0.116 e. The maximum Gasteiger partial charge on any atom is 0.116 e. The molecule has 2 rings (SSSR count). The molecule has 14 heavy (non-hydrogen) atoms. The summed E-state index contributed by atoms with van der Waals surface area (Å²) in [7, 11) is 2.07. The number of benzene rings is 1. The molecule has 1 aliphatic heterocycles. The fraction of sp³-hybridized carbons (Fsp3) is 0.455. The molecule has 76 valence electrons. The van der Waals surface area contributed by atoms with Crippen LogP contribution in [0, 0.1) is 0 Å². The summed E-state index contributed by atoms with van der Waals surface area (Å²) in [5.74, 6) is 0.728. The van der Waals surface area contributed by atoms with E-state index in [0.717, 1.165) is 13.0 Å². The molecule has 1 aromatic rings. The van der Waals surface area contributed by atoms with Gasteiger partial charge in [-0.15, -0.1) is 0 Å². The van der Waals surface area contributed by atoms with Gasteiger partial charge in [0, 0.05) is 19.3 Å². The van der Waals surface area contributed by atoms with Crippen molar-refractivity contribution in [3.63, 3.8) is 0 Å². The van der Waals surface area contributed by atoms with E-state index in [2.05, 4.69) is 11.9 Å². The Labute approximate surface area is 84.1 Å². The Morgan fingerprint density at radius 2 is 2.36 bits per heavy atom. The largest absolute Gasteiger partial charge is 0.508 e. The van der Waals surface area contributed by atoms with Gasteiger partial charge in [0.25, 0.3) is 0 Å². The van der Waals surface area contributed by atoms with Gasteiger partial charge in [0.15, 0.2) is 0 Å². The highest BCUT2D eigenvalue weighted by Crippen LogP contribution is 2.35. The quantitative estimate of drug-likeness (QED) is 0.704. The zero-order valence-corrected chi connectivity index (χ0v) is 8.40. The van der Waals surface area contributed by atoms with Crippen LogP contribution in [0.3, 0.4) is 0 Å². The van der Waals surface area contributed by atoms with Crippen molar-refractivity contribution >= 4 is 5.69 Å². The predicted octanol–water partition coefficient (Wildman–Crippen LogP) is 1.27. The summed E-state index contributed by atoms with van der Waals surface area (Å²) < 4.78 is 0. The molecule has 0 amide bonds. The molecule has 0 saturated carbocycles. The Balaban J connectivity index is 2.46. The Hall–Kier alpha value is -1.22. The van der Waals surface area contributed by atoms with Crippen molar-refractivity contribution < 1.29 is 5.11 Å². The molecule has 0 radical (unpaired) electrons. The number of nitrogens with zero attached hydrogens (tertiary/aromatic N) is 1. The summed E-state index contributed by atoms with van der Waals surface area (Å²) in [6.07, 6.45) is 1.07. The van der Waals surface area contributed by atoms with Crippen molar-refractivity contribution in [2.75, 3.05) is 25.0 Å². The number of hydrogen-bond acceptors (Lipinski definition) is 3. The van der Waals surface area contributed by atoms with Gasteiger partial charge < -0.3 is 15.7 Å². The van der Waals surface area contributed by atoms with Crippen molar-refractivity contribution in [3.05, 3.63) is 23.8 Å². The van der Waals surface area contributed by atoms with Crippen molar-refractivity contribution in [3.8, 4) is 5.75 Å². The predicted molar refractivity (Wildman–Crippen MR) is 57.8 cm³/mol. The Kier molecular flexibility index (Phi) is 2.33. The Bertz CT molecular complexity index is 338. The first kappa shape index (κ1) is 9.34. The second-order valence-corrected chi connectivity index (χ2v) is 3.89. The summed E-state index contributed by atoms with van der Waals surface area (Å²) >= 11 is 0. The van der Waals surface area contributed by atoms with Crippen LogP contribution in [0.2, 0.25) is 0 Å². The minimum Gasteiger partial charge on any atom is -0.508 e. The molecule has 3 N–H and O–H groups in total. The molecule has 1 aromatic carbocycles. The van der Waals surface area contributed by atoms with Crippen LogP contribution >= 0.6 is 0 Å². The second kappa shape index (κ2) is 3.50. The van der Waals surface area contributed by atoms with Gasteiger partial charge in [-0.2, -0.15) is 0 Å². The summed E-state index contributed by atoms with van der Waals surface area (Å²) in [4.78, 5) is 2.21. The third-order valence-electron chi connectivity index (χ3n) is 2.96. The number of hydrogen-bond donors (Lipinski definition) is 2. The van der Waals surface area contributed by atoms with E-state index < -0.39 is 0 Å². The molecule has 0 bridgehead atoms. The van der Waals surface area contributed by atoms with E-state index in [1.54, 1.807) is 6.07 Å². The topological polar surface area (TPSA) is 49.5 Å². The summed E-state index contributed by atoms with van der Waals surface area (Å²) in [6.45, 7) is 1.70. The van der Waals surface area contributed by atoms with Gasteiger partial charge in [-0.1, -0.05) is 0 Å². The van der Waals surface area contributed by atoms with Gasteiger partial charge in [-0.25, -0.2) is 0 Å². The number of nitrogens with two attached hydrogens (primary N) is 1. The van der Waals surface area contributed by atoms with Crippen LogP contribution in [0.5, 0.6) is 5.75 Å². The van der Waals surface area contributed by atoms with Gasteiger partial charge in [0.1, 0.15) is 5.75 Å². The molecule has 0 aromatic heterocycles. The van der Waals surface area contributed by atoms with E-state index in [-0.39, 0.29) is 0 Å². The third kappa shape index (κ3) is 1.44. The van der Waals surface area contributed by atoms with Crippen LogP contribution in [0.15, 0.2) is 18.2 Å². The average Bonchev–Trinajstić information content (AvgIpc) is 2.18. The Morgan fingerprint density at radius 3 is 3.07 bits per heavy atom. The molecule has 0 fully saturated rings. The van der Waals surface area contributed by atoms with Gasteiger partial charge in [-0.3, -0.25) is 0 Å². The van der Waals surface area contributed by atoms with E-state index in [1.165, 1.54) is 11.3 Å². The highest BCUT2D eigenvalue weighted by atomic mass is 16.3. The first-order valence-corrected chi connectivity index (χ1v) is 4.96. The van der Waals surface area contributed by atoms with Crippen LogP contribution in [-0.2, 0) is 0 Å². The lowest BCUT2D eigenvalue weighted by Crippen LogP contribution is -2.30. The number of aromatic hydroxyl groups is 1. The maximum atomic E-state index is 9.43. The van der Waals surface area contributed by atoms with E-state index in [9.17, 15) is 5.11 Å². The van der Waals surface area contributed by atoms with Gasteiger partial charge in [-0.05, 0) is 42.6 Å². The molecule has 0 spiro atoms. The summed E-state index contributed by atoms with van der Waals surface area (Å²) in [5.41, 5.74) is 8.09. The van der Waals surface area contributed by atoms with Gasteiger partial charge >= 0.3 is 0 Å². The average molecular weight is 192 g/mol. The Morgan fingerprint density at radius 1 is 1.57 bits per heavy atom. The zero-order chi connectivity index (χ0) is 10.1. The number of phenolic OH excluding ortho intramolecular Hbond substituents is 1. The van der Waals surface area contributed by atoms with Gasteiger partial charge in [0.05, 0.1) is 0 Å². The number of anilines is 1. The number of rotatable bonds is 1. The van der Waals surface area contributed by atoms with E-state index >= 15 is 0 Å². The van der Waals surface area contributed by atoms with Crippen molar-refractivity contribution in [2.24, 2.45) is 5.73 Å². The number of phenols is 1. The third-order valence-corrected chi connectivity index (χ3v) is 2.96. The van der Waals surface area contributed by atoms with Crippen molar-refractivity contribution in [1.82, 2.24) is 0 Å². The molecule has 1 atom stereocenters. The van der Waals surface area contributed by atoms with E-state index in [0.29, 0.717) is 18.2 Å². The van der Waals surface area contributed by atoms with Crippen LogP contribution in [0.4, 0.5) is 5.69 Å². The SMILES string of the molecule is CN1CCC(CN)c2cc(O)ccc21. The minimum atomic E-state index is 0.331.